The van der Waals surface area contributed by atoms with Crippen LogP contribution in [0.5, 0.6) is 0 Å². The number of hydrogen-bond donors (Lipinski definition) is 1. The minimum Gasteiger partial charge on any atom is -0.454 e. The maximum absolute atomic E-state index is 10.8. The molecular formula is C7H13NO3. The number of carbonyl (C=O) groups is 2. The molecule has 0 aromatic carbocycles. The number of ketones is 1. The minimum absolute atomic E-state index is 0.181. The van der Waals surface area contributed by atoms with Crippen molar-refractivity contribution in [1.29, 1.82) is 0 Å². The fourth-order valence-corrected chi connectivity index (χ4v) is 0.365. The summed E-state index contributed by atoms with van der Waals surface area (Å²) in [6, 6.07) is -0.670. The summed E-state index contributed by atoms with van der Waals surface area (Å²) in [5, 5.41) is 0. The van der Waals surface area contributed by atoms with E-state index in [4.69, 9.17) is 5.73 Å². The van der Waals surface area contributed by atoms with E-state index in [0.717, 1.165) is 0 Å². The van der Waals surface area contributed by atoms with Crippen molar-refractivity contribution in [1.82, 2.24) is 0 Å². The molecule has 0 aromatic heterocycles. The lowest BCUT2D eigenvalue weighted by Gasteiger charge is -2.11. The highest BCUT2D eigenvalue weighted by Crippen LogP contribution is 1.94. The first kappa shape index (κ1) is 10.1. The largest absolute Gasteiger partial charge is 0.454 e. The third-order valence-electron chi connectivity index (χ3n) is 1.24. The van der Waals surface area contributed by atoms with Crippen molar-refractivity contribution in [3.05, 3.63) is 0 Å². The number of ether oxygens (including phenoxy) is 1. The van der Waals surface area contributed by atoms with Crippen LogP contribution in [0.2, 0.25) is 0 Å². The third kappa shape index (κ3) is 3.72. The first-order valence-corrected chi connectivity index (χ1v) is 3.41. The molecule has 0 amide bonds. The number of nitrogens with two attached hydrogens (primary N) is 1. The van der Waals surface area contributed by atoms with Crippen molar-refractivity contribution in [2.24, 2.45) is 5.73 Å². The van der Waals surface area contributed by atoms with Gasteiger partial charge in [0.2, 0.25) is 0 Å². The number of Topliss-reactive ketones (excluding diaryl/α,β-unsaturated/α-hetero) is 1. The molecule has 2 atom stereocenters. The van der Waals surface area contributed by atoms with E-state index >= 15 is 0 Å². The van der Waals surface area contributed by atoms with Crippen molar-refractivity contribution in [2.45, 2.75) is 32.9 Å². The summed E-state index contributed by atoms with van der Waals surface area (Å²) in [4.78, 5) is 21.3. The van der Waals surface area contributed by atoms with Gasteiger partial charge in [-0.3, -0.25) is 9.59 Å². The van der Waals surface area contributed by atoms with Gasteiger partial charge in [-0.25, -0.2) is 0 Å². The molecule has 0 aliphatic heterocycles. The second-order valence-corrected chi connectivity index (χ2v) is 2.48. The maximum atomic E-state index is 10.8. The normalized spacial score (nSPS) is 15.3. The van der Waals surface area contributed by atoms with E-state index in [-0.39, 0.29) is 5.78 Å². The van der Waals surface area contributed by atoms with Crippen LogP contribution in [0.3, 0.4) is 0 Å². The molecule has 64 valence electrons. The van der Waals surface area contributed by atoms with Crippen LogP contribution in [0.15, 0.2) is 0 Å². The van der Waals surface area contributed by atoms with Crippen molar-refractivity contribution in [2.75, 3.05) is 0 Å². The summed E-state index contributed by atoms with van der Waals surface area (Å²) in [5.74, 6) is -0.730. The topological polar surface area (TPSA) is 69.4 Å². The quantitative estimate of drug-likeness (QED) is 0.581. The van der Waals surface area contributed by atoms with Gasteiger partial charge < -0.3 is 10.5 Å². The smallest absolute Gasteiger partial charge is 0.323 e. The lowest BCUT2D eigenvalue weighted by Crippen LogP contribution is -2.33. The van der Waals surface area contributed by atoms with Crippen LogP contribution in [0.4, 0.5) is 0 Å². The molecule has 0 heterocycles. The zero-order chi connectivity index (χ0) is 9.02. The van der Waals surface area contributed by atoms with Crippen molar-refractivity contribution in [3.8, 4) is 0 Å². The van der Waals surface area contributed by atoms with Gasteiger partial charge in [-0.2, -0.15) is 0 Å². The monoisotopic (exact) mass is 159 g/mol. The number of rotatable bonds is 3. The Kier molecular flexibility index (Phi) is 3.74. The SMILES string of the molecule is CC(=O)C(C)OC(=O)C(C)N. The second kappa shape index (κ2) is 4.08. The first-order chi connectivity index (χ1) is 4.95. The Hall–Kier alpha value is -0.900. The summed E-state index contributed by atoms with van der Waals surface area (Å²) in [6.07, 6.45) is -0.687. The van der Waals surface area contributed by atoms with E-state index in [0.29, 0.717) is 0 Å². The molecular weight excluding hydrogens is 146 g/mol. The fraction of sp³-hybridized carbons (Fsp3) is 0.714. The van der Waals surface area contributed by atoms with E-state index in [9.17, 15) is 9.59 Å². The van der Waals surface area contributed by atoms with Crippen LogP contribution in [0, 0.1) is 0 Å². The molecule has 0 rings (SSSR count). The Bertz CT molecular complexity index is 165. The average Bonchev–Trinajstić information content (AvgIpc) is 1.87. The summed E-state index contributed by atoms with van der Waals surface area (Å²) in [5.41, 5.74) is 5.20. The van der Waals surface area contributed by atoms with E-state index in [1.807, 2.05) is 0 Å². The Morgan fingerprint density at radius 1 is 1.36 bits per heavy atom. The molecule has 4 nitrogen and oxygen atoms in total. The van der Waals surface area contributed by atoms with Gasteiger partial charge in [-0.05, 0) is 20.8 Å². The number of esters is 1. The first-order valence-electron chi connectivity index (χ1n) is 3.41. The molecule has 0 bridgehead atoms. The van der Waals surface area contributed by atoms with Gasteiger partial charge in [-0.15, -0.1) is 0 Å². The van der Waals surface area contributed by atoms with Gasteiger partial charge in [0.1, 0.15) is 6.04 Å². The summed E-state index contributed by atoms with van der Waals surface area (Å²) in [6.45, 7) is 4.39. The average molecular weight is 159 g/mol. The van der Waals surface area contributed by atoms with E-state index in [1.165, 1.54) is 20.8 Å². The molecule has 0 radical (unpaired) electrons. The Morgan fingerprint density at radius 3 is 2.09 bits per heavy atom. The van der Waals surface area contributed by atoms with Gasteiger partial charge in [0.05, 0.1) is 0 Å². The van der Waals surface area contributed by atoms with Gasteiger partial charge >= 0.3 is 5.97 Å². The van der Waals surface area contributed by atoms with Crippen LogP contribution < -0.4 is 5.73 Å². The lowest BCUT2D eigenvalue weighted by molar-refractivity contribution is -0.154. The Morgan fingerprint density at radius 2 is 1.82 bits per heavy atom. The number of carbonyl (C=O) groups excluding carboxylic acids is 2. The molecule has 0 saturated heterocycles. The minimum atomic E-state index is -0.687. The Balaban J connectivity index is 3.85. The standard InChI is InChI=1S/C7H13NO3/c1-4(8)7(10)11-6(3)5(2)9/h4,6H,8H2,1-3H3. The summed E-state index contributed by atoms with van der Waals surface area (Å²) in [7, 11) is 0. The van der Waals surface area contributed by atoms with Crippen LogP contribution in [0.25, 0.3) is 0 Å². The van der Waals surface area contributed by atoms with E-state index < -0.39 is 18.1 Å². The van der Waals surface area contributed by atoms with E-state index in [1.54, 1.807) is 0 Å². The highest BCUT2D eigenvalue weighted by atomic mass is 16.5. The maximum Gasteiger partial charge on any atom is 0.323 e. The van der Waals surface area contributed by atoms with Crippen molar-refractivity contribution in [3.63, 3.8) is 0 Å². The molecule has 0 aliphatic rings. The molecule has 4 heteroatoms. The van der Waals surface area contributed by atoms with Crippen LogP contribution in [-0.4, -0.2) is 23.9 Å². The third-order valence-corrected chi connectivity index (χ3v) is 1.24. The zero-order valence-electron chi connectivity index (χ0n) is 6.96. The van der Waals surface area contributed by atoms with Gasteiger partial charge in [0, 0.05) is 0 Å². The predicted molar refractivity (Wildman–Crippen MR) is 39.9 cm³/mol. The van der Waals surface area contributed by atoms with Gasteiger partial charge in [-0.1, -0.05) is 0 Å². The van der Waals surface area contributed by atoms with Gasteiger partial charge in [0.15, 0.2) is 11.9 Å². The Labute approximate surface area is 65.7 Å². The molecule has 11 heavy (non-hydrogen) atoms. The van der Waals surface area contributed by atoms with E-state index in [2.05, 4.69) is 4.74 Å². The summed E-state index contributed by atoms with van der Waals surface area (Å²) >= 11 is 0. The molecule has 0 aliphatic carbocycles. The molecule has 0 fully saturated rings. The molecule has 0 spiro atoms. The molecule has 0 aromatic rings. The molecule has 2 N–H and O–H groups in total. The van der Waals surface area contributed by atoms with Crippen LogP contribution in [-0.2, 0) is 14.3 Å². The van der Waals surface area contributed by atoms with Crippen LogP contribution >= 0.6 is 0 Å². The zero-order valence-corrected chi connectivity index (χ0v) is 6.96. The van der Waals surface area contributed by atoms with Gasteiger partial charge in [0.25, 0.3) is 0 Å². The highest BCUT2D eigenvalue weighted by molar-refractivity contribution is 5.84. The predicted octanol–water partition coefficient (Wildman–Crippen LogP) is -0.146. The summed E-state index contributed by atoms with van der Waals surface area (Å²) < 4.78 is 4.66. The van der Waals surface area contributed by atoms with Crippen molar-refractivity contribution < 1.29 is 14.3 Å². The van der Waals surface area contributed by atoms with Crippen LogP contribution in [0.1, 0.15) is 20.8 Å². The molecule has 0 saturated carbocycles. The highest BCUT2D eigenvalue weighted by Gasteiger charge is 2.15. The second-order valence-electron chi connectivity index (χ2n) is 2.48. The van der Waals surface area contributed by atoms with Crippen molar-refractivity contribution >= 4 is 11.8 Å². The lowest BCUT2D eigenvalue weighted by atomic mass is 10.3. The fourth-order valence-electron chi connectivity index (χ4n) is 0.365. The number of hydrogen-bond acceptors (Lipinski definition) is 4. The molecule has 2 unspecified atom stereocenters.